The third kappa shape index (κ3) is 3.14. The molecule has 0 aromatic heterocycles. The van der Waals surface area contributed by atoms with Crippen molar-refractivity contribution in [3.05, 3.63) is 46.5 Å². The molecule has 0 radical (unpaired) electrons. The van der Waals surface area contributed by atoms with Gasteiger partial charge in [-0.2, -0.15) is 0 Å². The summed E-state index contributed by atoms with van der Waals surface area (Å²) in [4.78, 5) is 0. The fraction of sp³-hybridized carbons (Fsp3) is 0.333. The summed E-state index contributed by atoms with van der Waals surface area (Å²) in [5.74, 6) is 0. The fourth-order valence-corrected chi connectivity index (χ4v) is 1.88. The lowest BCUT2D eigenvalue weighted by Crippen LogP contribution is -2.10. The van der Waals surface area contributed by atoms with Crippen LogP contribution in [0.5, 0.6) is 0 Å². The molecule has 0 heterocycles. The van der Waals surface area contributed by atoms with E-state index in [2.05, 4.69) is 0 Å². The molecule has 0 saturated heterocycles. The van der Waals surface area contributed by atoms with Crippen LogP contribution in [-0.4, -0.2) is 0 Å². The van der Waals surface area contributed by atoms with E-state index in [4.69, 9.17) is 34.8 Å². The zero-order valence-corrected chi connectivity index (χ0v) is 11.0. The Morgan fingerprint density at radius 1 is 1.27 bits per heavy atom. The van der Waals surface area contributed by atoms with Gasteiger partial charge in [-0.3, -0.25) is 0 Å². The summed E-state index contributed by atoms with van der Waals surface area (Å²) >= 11 is 18.5. The van der Waals surface area contributed by atoms with Crippen molar-refractivity contribution < 1.29 is 0 Å². The van der Waals surface area contributed by atoms with Crippen molar-refractivity contribution in [1.29, 1.82) is 0 Å². The van der Waals surface area contributed by atoms with Crippen molar-refractivity contribution in [2.45, 2.75) is 24.6 Å². The van der Waals surface area contributed by atoms with Gasteiger partial charge in [-0.1, -0.05) is 77.6 Å². The summed E-state index contributed by atoms with van der Waals surface area (Å²) in [7, 11) is 0. The second kappa shape index (κ2) is 5.25. The highest BCUT2D eigenvalue weighted by molar-refractivity contribution is 6.55. The van der Waals surface area contributed by atoms with Crippen LogP contribution < -0.4 is 0 Å². The highest BCUT2D eigenvalue weighted by Gasteiger charge is 2.29. The van der Waals surface area contributed by atoms with Crippen molar-refractivity contribution in [2.24, 2.45) is 0 Å². The van der Waals surface area contributed by atoms with Crippen LogP contribution in [0.2, 0.25) is 0 Å². The Morgan fingerprint density at radius 3 is 2.27 bits per heavy atom. The van der Waals surface area contributed by atoms with Gasteiger partial charge in [0.25, 0.3) is 0 Å². The highest BCUT2D eigenvalue weighted by atomic mass is 35.5. The molecular weight excluding hydrogens is 250 g/mol. The van der Waals surface area contributed by atoms with Gasteiger partial charge in [0.05, 0.1) is 5.03 Å². The third-order valence-electron chi connectivity index (χ3n) is 2.10. The van der Waals surface area contributed by atoms with Crippen LogP contribution in [0.3, 0.4) is 0 Å². The van der Waals surface area contributed by atoms with Gasteiger partial charge >= 0.3 is 0 Å². The van der Waals surface area contributed by atoms with Gasteiger partial charge in [0.2, 0.25) is 0 Å². The number of halogens is 3. The van der Waals surface area contributed by atoms with Crippen molar-refractivity contribution in [1.82, 2.24) is 0 Å². The number of alkyl halides is 2. The first-order valence-electron chi connectivity index (χ1n) is 4.79. The minimum Gasteiger partial charge on any atom is -0.0899 e. The minimum absolute atomic E-state index is 0.456. The summed E-state index contributed by atoms with van der Waals surface area (Å²) in [5, 5.41) is 0.456. The summed E-state index contributed by atoms with van der Waals surface area (Å²) in [6.07, 6.45) is 2.63. The quantitative estimate of drug-likeness (QED) is 0.661. The SMILES string of the molecule is CC/C=C(/Cl)C(Cl)(Cl)c1ccc(C)cc1. The number of hydrogen-bond donors (Lipinski definition) is 0. The summed E-state index contributed by atoms with van der Waals surface area (Å²) in [5.41, 5.74) is 1.96. The lowest BCUT2D eigenvalue weighted by molar-refractivity contribution is 1.05. The molecule has 0 aliphatic rings. The van der Waals surface area contributed by atoms with Crippen LogP contribution >= 0.6 is 34.8 Å². The van der Waals surface area contributed by atoms with Crippen molar-refractivity contribution in [2.75, 3.05) is 0 Å². The Hall–Kier alpha value is -0.170. The van der Waals surface area contributed by atoms with Crippen molar-refractivity contribution >= 4 is 34.8 Å². The molecule has 15 heavy (non-hydrogen) atoms. The maximum absolute atomic E-state index is 6.21. The molecule has 1 aromatic rings. The minimum atomic E-state index is -1.13. The highest BCUT2D eigenvalue weighted by Crippen LogP contribution is 2.43. The molecular formula is C12H13Cl3. The van der Waals surface area contributed by atoms with E-state index in [1.807, 2.05) is 44.2 Å². The largest absolute Gasteiger partial charge is 0.178 e. The van der Waals surface area contributed by atoms with Gasteiger partial charge in [-0.25, -0.2) is 0 Å². The van der Waals surface area contributed by atoms with Crippen LogP contribution in [0.1, 0.15) is 24.5 Å². The van der Waals surface area contributed by atoms with Gasteiger partial charge in [0, 0.05) is 0 Å². The molecule has 0 aliphatic heterocycles. The molecule has 82 valence electrons. The molecule has 1 aromatic carbocycles. The molecule has 0 fully saturated rings. The molecule has 0 nitrogen and oxygen atoms in total. The van der Waals surface area contributed by atoms with E-state index < -0.39 is 4.33 Å². The van der Waals surface area contributed by atoms with Crippen molar-refractivity contribution in [3.63, 3.8) is 0 Å². The Kier molecular flexibility index (Phi) is 4.51. The molecule has 0 atom stereocenters. The number of rotatable bonds is 3. The van der Waals surface area contributed by atoms with Gasteiger partial charge in [-0.05, 0) is 18.9 Å². The lowest BCUT2D eigenvalue weighted by Gasteiger charge is -2.19. The molecule has 0 spiro atoms. The average Bonchev–Trinajstić information content (AvgIpc) is 2.18. The molecule has 0 saturated carbocycles. The Morgan fingerprint density at radius 2 is 1.80 bits per heavy atom. The first-order valence-corrected chi connectivity index (χ1v) is 5.93. The van der Waals surface area contributed by atoms with Gasteiger partial charge in [-0.15, -0.1) is 0 Å². The molecule has 1 rings (SSSR count). The second-order valence-electron chi connectivity index (χ2n) is 3.40. The van der Waals surface area contributed by atoms with E-state index in [-0.39, 0.29) is 0 Å². The maximum Gasteiger partial charge on any atom is 0.178 e. The molecule has 0 bridgehead atoms. The van der Waals surface area contributed by atoms with E-state index in [0.717, 1.165) is 12.0 Å². The van der Waals surface area contributed by atoms with Crippen LogP contribution in [0.25, 0.3) is 0 Å². The number of allylic oxidation sites excluding steroid dienone is 2. The van der Waals surface area contributed by atoms with Gasteiger partial charge < -0.3 is 0 Å². The second-order valence-corrected chi connectivity index (χ2v) is 5.14. The van der Waals surface area contributed by atoms with E-state index in [0.29, 0.717) is 5.03 Å². The predicted molar refractivity (Wildman–Crippen MR) is 68.8 cm³/mol. The summed E-state index contributed by atoms with van der Waals surface area (Å²) in [6, 6.07) is 7.71. The van der Waals surface area contributed by atoms with Crippen LogP contribution in [-0.2, 0) is 4.33 Å². The molecule has 0 aliphatic carbocycles. The lowest BCUT2D eigenvalue weighted by atomic mass is 10.1. The van der Waals surface area contributed by atoms with E-state index >= 15 is 0 Å². The zero-order chi connectivity index (χ0) is 11.5. The van der Waals surface area contributed by atoms with Gasteiger partial charge in [0.1, 0.15) is 0 Å². The van der Waals surface area contributed by atoms with Crippen LogP contribution in [0.4, 0.5) is 0 Å². The average molecular weight is 264 g/mol. The number of benzene rings is 1. The maximum atomic E-state index is 6.21. The zero-order valence-electron chi connectivity index (χ0n) is 8.73. The Labute approximate surface area is 106 Å². The normalized spacial score (nSPS) is 13.0. The van der Waals surface area contributed by atoms with E-state index in [1.54, 1.807) is 0 Å². The summed E-state index contributed by atoms with van der Waals surface area (Å²) in [6.45, 7) is 4.00. The smallest absolute Gasteiger partial charge is 0.0899 e. The first-order chi connectivity index (χ1) is 6.98. The monoisotopic (exact) mass is 262 g/mol. The van der Waals surface area contributed by atoms with E-state index in [1.165, 1.54) is 5.56 Å². The summed E-state index contributed by atoms with van der Waals surface area (Å²) < 4.78 is -1.13. The van der Waals surface area contributed by atoms with E-state index in [9.17, 15) is 0 Å². The standard InChI is InChI=1S/C12H13Cl3/c1-3-4-11(13)12(14,15)10-7-5-9(2)6-8-10/h4-8H,3H2,1-2H3/b11-4+. The Bertz CT molecular complexity index is 350. The molecule has 0 amide bonds. The van der Waals surface area contributed by atoms with Gasteiger partial charge in [0.15, 0.2) is 4.33 Å². The molecule has 0 unspecified atom stereocenters. The Balaban J connectivity index is 3.05. The molecule has 3 heteroatoms. The fourth-order valence-electron chi connectivity index (χ4n) is 1.21. The predicted octanol–water partition coefficient (Wildman–Crippen LogP) is 5.16. The topological polar surface area (TPSA) is 0 Å². The van der Waals surface area contributed by atoms with Crippen LogP contribution in [0.15, 0.2) is 35.4 Å². The number of aryl methyl sites for hydroxylation is 1. The number of hydrogen-bond acceptors (Lipinski definition) is 0. The van der Waals surface area contributed by atoms with Crippen LogP contribution in [0, 0.1) is 6.92 Å². The van der Waals surface area contributed by atoms with Crippen molar-refractivity contribution in [3.8, 4) is 0 Å². The third-order valence-corrected chi connectivity index (χ3v) is 3.57. The first kappa shape index (κ1) is 12.9. The molecule has 0 N–H and O–H groups in total.